The first-order valence-corrected chi connectivity index (χ1v) is 10.0. The first-order valence-electron chi connectivity index (χ1n) is 10.0. The molecule has 2 aliphatic rings. The third-order valence-electron chi connectivity index (χ3n) is 5.22. The summed E-state index contributed by atoms with van der Waals surface area (Å²) in [5, 5.41) is 3.46. The van der Waals surface area contributed by atoms with Crippen LogP contribution >= 0.6 is 0 Å². The zero-order valence-corrected chi connectivity index (χ0v) is 16.6. The van der Waals surface area contributed by atoms with E-state index in [1.807, 2.05) is 4.90 Å². The maximum Gasteiger partial charge on any atom is 0.219 e. The van der Waals surface area contributed by atoms with E-state index in [0.29, 0.717) is 0 Å². The summed E-state index contributed by atoms with van der Waals surface area (Å²) in [6, 6.07) is 0. The first kappa shape index (κ1) is 20.0. The summed E-state index contributed by atoms with van der Waals surface area (Å²) in [5.74, 6) is 2.86. The SMILES string of the molecule is CCNC(=NCCN1CCN(C(C)=O)CC1)N1CCC(CC(C)C)C1. The van der Waals surface area contributed by atoms with Gasteiger partial charge in [-0.2, -0.15) is 0 Å². The van der Waals surface area contributed by atoms with Gasteiger partial charge in [0, 0.05) is 59.3 Å². The van der Waals surface area contributed by atoms with Crippen molar-refractivity contribution in [2.75, 3.05) is 58.9 Å². The molecule has 0 saturated carbocycles. The molecule has 0 aromatic rings. The highest BCUT2D eigenvalue weighted by Crippen LogP contribution is 2.23. The van der Waals surface area contributed by atoms with Crippen LogP contribution in [0, 0.1) is 11.8 Å². The summed E-state index contributed by atoms with van der Waals surface area (Å²) in [5.41, 5.74) is 0. The van der Waals surface area contributed by atoms with Gasteiger partial charge in [-0.3, -0.25) is 14.7 Å². The van der Waals surface area contributed by atoms with Crippen LogP contribution in [0.3, 0.4) is 0 Å². The second-order valence-electron chi connectivity index (χ2n) is 7.81. The van der Waals surface area contributed by atoms with Crippen LogP contribution in [-0.4, -0.2) is 85.5 Å². The molecule has 144 valence electrons. The van der Waals surface area contributed by atoms with Crippen molar-refractivity contribution in [1.82, 2.24) is 20.0 Å². The van der Waals surface area contributed by atoms with Crippen LogP contribution in [0.2, 0.25) is 0 Å². The van der Waals surface area contributed by atoms with E-state index >= 15 is 0 Å². The van der Waals surface area contributed by atoms with Gasteiger partial charge in [-0.05, 0) is 31.6 Å². The molecule has 6 heteroatoms. The highest BCUT2D eigenvalue weighted by molar-refractivity contribution is 5.80. The lowest BCUT2D eigenvalue weighted by Gasteiger charge is -2.33. The number of hydrogen-bond acceptors (Lipinski definition) is 3. The summed E-state index contributed by atoms with van der Waals surface area (Å²) in [4.78, 5) is 23.0. The molecular weight excluding hydrogens is 314 g/mol. The Labute approximate surface area is 153 Å². The average Bonchev–Trinajstić information content (AvgIpc) is 3.02. The molecule has 2 rings (SSSR count). The molecule has 2 heterocycles. The Morgan fingerprint density at radius 3 is 2.48 bits per heavy atom. The summed E-state index contributed by atoms with van der Waals surface area (Å²) in [7, 11) is 0. The predicted molar refractivity (Wildman–Crippen MR) is 104 cm³/mol. The molecule has 0 aromatic heterocycles. The fourth-order valence-electron chi connectivity index (χ4n) is 3.89. The van der Waals surface area contributed by atoms with Crippen molar-refractivity contribution in [3.05, 3.63) is 0 Å². The van der Waals surface area contributed by atoms with E-state index in [-0.39, 0.29) is 5.91 Å². The van der Waals surface area contributed by atoms with Crippen molar-refractivity contribution in [3.63, 3.8) is 0 Å². The Hall–Kier alpha value is -1.30. The van der Waals surface area contributed by atoms with Gasteiger partial charge in [0.1, 0.15) is 0 Å². The Bertz CT molecular complexity index is 443. The van der Waals surface area contributed by atoms with E-state index < -0.39 is 0 Å². The van der Waals surface area contributed by atoms with E-state index in [0.717, 1.165) is 76.7 Å². The van der Waals surface area contributed by atoms with Crippen molar-refractivity contribution >= 4 is 11.9 Å². The topological polar surface area (TPSA) is 51.2 Å². The fraction of sp³-hybridized carbons (Fsp3) is 0.895. The number of amides is 1. The Morgan fingerprint density at radius 2 is 1.88 bits per heavy atom. The lowest BCUT2D eigenvalue weighted by molar-refractivity contribution is -0.130. The molecule has 1 unspecified atom stereocenters. The predicted octanol–water partition coefficient (Wildman–Crippen LogP) is 1.48. The largest absolute Gasteiger partial charge is 0.357 e. The summed E-state index contributed by atoms with van der Waals surface area (Å²) >= 11 is 0. The number of nitrogens with one attached hydrogen (secondary N) is 1. The van der Waals surface area contributed by atoms with Crippen LogP contribution in [0.25, 0.3) is 0 Å². The van der Waals surface area contributed by atoms with E-state index in [2.05, 4.69) is 35.9 Å². The third kappa shape index (κ3) is 6.49. The van der Waals surface area contributed by atoms with Crippen LogP contribution in [0.5, 0.6) is 0 Å². The molecule has 1 atom stereocenters. The standard InChI is InChI=1S/C19H37N5O/c1-5-20-19(24-8-6-18(15-24)14-16(2)3)21-7-9-22-10-12-23(13-11-22)17(4)25/h16,18H,5-15H2,1-4H3,(H,20,21). The summed E-state index contributed by atoms with van der Waals surface area (Å²) in [6.45, 7) is 17.0. The highest BCUT2D eigenvalue weighted by Gasteiger charge is 2.25. The molecule has 0 radical (unpaired) electrons. The number of guanidine groups is 1. The van der Waals surface area contributed by atoms with Crippen molar-refractivity contribution in [2.24, 2.45) is 16.8 Å². The molecule has 6 nitrogen and oxygen atoms in total. The number of rotatable bonds is 6. The number of nitrogens with zero attached hydrogens (tertiary/aromatic N) is 4. The van der Waals surface area contributed by atoms with Crippen LogP contribution in [0.1, 0.15) is 40.5 Å². The van der Waals surface area contributed by atoms with E-state index in [9.17, 15) is 4.79 Å². The van der Waals surface area contributed by atoms with E-state index in [1.54, 1.807) is 6.92 Å². The minimum atomic E-state index is 0.192. The van der Waals surface area contributed by atoms with Crippen LogP contribution in [0.15, 0.2) is 4.99 Å². The van der Waals surface area contributed by atoms with Gasteiger partial charge in [-0.1, -0.05) is 13.8 Å². The minimum Gasteiger partial charge on any atom is -0.357 e. The zero-order chi connectivity index (χ0) is 18.2. The molecule has 0 aliphatic carbocycles. The lowest BCUT2D eigenvalue weighted by Crippen LogP contribution is -2.48. The number of likely N-dealkylation sites (tertiary alicyclic amines) is 1. The Balaban J connectivity index is 1.77. The number of aliphatic imine (C=N–C) groups is 1. The van der Waals surface area contributed by atoms with Crippen molar-refractivity contribution < 1.29 is 4.79 Å². The Kier molecular flexibility index (Phi) is 8.00. The van der Waals surface area contributed by atoms with E-state index in [4.69, 9.17) is 4.99 Å². The number of hydrogen-bond donors (Lipinski definition) is 1. The molecule has 2 saturated heterocycles. The molecule has 25 heavy (non-hydrogen) atoms. The summed E-state index contributed by atoms with van der Waals surface area (Å²) in [6.07, 6.45) is 2.60. The number of piperazine rings is 1. The molecule has 1 N–H and O–H groups in total. The fourth-order valence-corrected chi connectivity index (χ4v) is 3.89. The molecule has 2 fully saturated rings. The molecular formula is C19H37N5O. The van der Waals surface area contributed by atoms with Gasteiger partial charge in [0.2, 0.25) is 5.91 Å². The van der Waals surface area contributed by atoms with Crippen LogP contribution in [-0.2, 0) is 4.79 Å². The van der Waals surface area contributed by atoms with E-state index in [1.165, 1.54) is 12.8 Å². The van der Waals surface area contributed by atoms with Gasteiger partial charge < -0.3 is 15.1 Å². The maximum absolute atomic E-state index is 11.4. The van der Waals surface area contributed by atoms with Gasteiger partial charge in [0.05, 0.1) is 6.54 Å². The van der Waals surface area contributed by atoms with Crippen molar-refractivity contribution in [2.45, 2.75) is 40.5 Å². The van der Waals surface area contributed by atoms with Crippen molar-refractivity contribution in [3.8, 4) is 0 Å². The van der Waals surface area contributed by atoms with Gasteiger partial charge >= 0.3 is 0 Å². The van der Waals surface area contributed by atoms with Crippen LogP contribution in [0.4, 0.5) is 0 Å². The Morgan fingerprint density at radius 1 is 1.16 bits per heavy atom. The quantitative estimate of drug-likeness (QED) is 0.582. The second kappa shape index (κ2) is 10.00. The summed E-state index contributed by atoms with van der Waals surface area (Å²) < 4.78 is 0. The molecule has 1 amide bonds. The number of carbonyl (C=O) groups is 1. The lowest BCUT2D eigenvalue weighted by atomic mass is 9.97. The normalized spacial score (nSPS) is 22.8. The molecule has 0 spiro atoms. The van der Waals surface area contributed by atoms with Gasteiger partial charge in [-0.15, -0.1) is 0 Å². The second-order valence-corrected chi connectivity index (χ2v) is 7.81. The molecule has 0 bridgehead atoms. The van der Waals surface area contributed by atoms with Gasteiger partial charge in [0.25, 0.3) is 0 Å². The highest BCUT2D eigenvalue weighted by atomic mass is 16.2. The third-order valence-corrected chi connectivity index (χ3v) is 5.22. The first-order chi connectivity index (χ1) is 12.0. The smallest absolute Gasteiger partial charge is 0.219 e. The average molecular weight is 352 g/mol. The minimum absolute atomic E-state index is 0.192. The maximum atomic E-state index is 11.4. The number of carbonyl (C=O) groups excluding carboxylic acids is 1. The van der Waals surface area contributed by atoms with Crippen LogP contribution < -0.4 is 5.32 Å². The zero-order valence-electron chi connectivity index (χ0n) is 16.6. The van der Waals surface area contributed by atoms with Gasteiger partial charge in [0.15, 0.2) is 5.96 Å². The van der Waals surface area contributed by atoms with Gasteiger partial charge in [-0.25, -0.2) is 0 Å². The molecule has 2 aliphatic heterocycles. The monoisotopic (exact) mass is 351 g/mol. The van der Waals surface area contributed by atoms with Crippen molar-refractivity contribution in [1.29, 1.82) is 0 Å². The molecule has 0 aromatic carbocycles.